The van der Waals surface area contributed by atoms with Crippen LogP contribution in [0.2, 0.25) is 0 Å². The fourth-order valence-electron chi connectivity index (χ4n) is 7.04. The number of hydrogen-bond donors (Lipinski definition) is 1. The molecule has 0 atom stereocenters. The lowest BCUT2D eigenvalue weighted by atomic mass is 9.78. The van der Waals surface area contributed by atoms with Gasteiger partial charge < -0.3 is 5.11 Å². The summed E-state index contributed by atoms with van der Waals surface area (Å²) in [5, 5.41) is 14.5. The molecule has 262 valence electrons. The van der Waals surface area contributed by atoms with Crippen molar-refractivity contribution >= 4 is 48.7 Å². The third kappa shape index (κ3) is 6.58. The van der Waals surface area contributed by atoms with E-state index < -0.39 is 0 Å². The summed E-state index contributed by atoms with van der Waals surface area (Å²) in [6, 6.07) is 48.7. The number of anilines is 3. The summed E-state index contributed by atoms with van der Waals surface area (Å²) in [4.78, 5) is 12.5. The van der Waals surface area contributed by atoms with Crippen LogP contribution in [0.15, 0.2) is 146 Å². The molecular formula is C48H43N3OS. The molecule has 1 N–H and O–H groups in total. The minimum absolute atomic E-state index is 0.134. The predicted molar refractivity (Wildman–Crippen MR) is 225 cm³/mol. The van der Waals surface area contributed by atoms with Crippen molar-refractivity contribution in [2.75, 3.05) is 4.90 Å². The number of para-hydroxylation sites is 1. The number of phenols is 1. The van der Waals surface area contributed by atoms with Gasteiger partial charge in [-0.05, 0) is 88.2 Å². The summed E-state index contributed by atoms with van der Waals surface area (Å²) in [5.41, 5.74) is 9.20. The highest BCUT2D eigenvalue weighted by Crippen LogP contribution is 2.48. The Morgan fingerprint density at radius 3 is 1.96 bits per heavy atom. The van der Waals surface area contributed by atoms with Gasteiger partial charge in [0.2, 0.25) is 0 Å². The van der Waals surface area contributed by atoms with Gasteiger partial charge in [0.1, 0.15) is 11.6 Å². The summed E-state index contributed by atoms with van der Waals surface area (Å²) in [7, 11) is 0. The Morgan fingerprint density at radius 1 is 0.585 bits per heavy atom. The van der Waals surface area contributed by atoms with E-state index in [1.807, 2.05) is 36.5 Å². The maximum Gasteiger partial charge on any atom is 0.137 e. The number of fused-ring (bicyclic) bond motifs is 3. The summed E-state index contributed by atoms with van der Waals surface area (Å²) < 4.78 is 2.25. The van der Waals surface area contributed by atoms with Gasteiger partial charge >= 0.3 is 0 Å². The molecule has 3 aromatic heterocycles. The van der Waals surface area contributed by atoms with Crippen molar-refractivity contribution in [3.63, 3.8) is 0 Å². The van der Waals surface area contributed by atoms with E-state index in [4.69, 9.17) is 9.97 Å². The van der Waals surface area contributed by atoms with Gasteiger partial charge in [-0.15, -0.1) is 11.3 Å². The van der Waals surface area contributed by atoms with Crippen LogP contribution in [0.4, 0.5) is 17.2 Å². The van der Waals surface area contributed by atoms with Crippen molar-refractivity contribution in [1.29, 1.82) is 0 Å². The number of thiophene rings is 1. The third-order valence-corrected chi connectivity index (χ3v) is 11.1. The van der Waals surface area contributed by atoms with E-state index in [2.05, 4.69) is 156 Å². The summed E-state index contributed by atoms with van der Waals surface area (Å²) in [6.07, 6.45) is 1.83. The summed E-state index contributed by atoms with van der Waals surface area (Å²) >= 11 is 1.73. The van der Waals surface area contributed by atoms with Crippen LogP contribution in [0.25, 0.3) is 53.8 Å². The molecular weight excluding hydrogens is 667 g/mol. The van der Waals surface area contributed by atoms with E-state index in [1.54, 1.807) is 11.3 Å². The number of nitrogens with zero attached hydrogens (tertiary/aromatic N) is 3. The van der Waals surface area contributed by atoms with Gasteiger partial charge in [0.15, 0.2) is 0 Å². The first kappa shape index (κ1) is 34.3. The zero-order valence-corrected chi connectivity index (χ0v) is 31.9. The number of aromatic hydroxyl groups is 1. The Bertz CT molecular complexity index is 2540. The van der Waals surface area contributed by atoms with E-state index in [0.717, 1.165) is 66.5 Å². The van der Waals surface area contributed by atoms with E-state index in [1.165, 1.54) is 15.6 Å². The average molecular weight is 710 g/mol. The molecule has 0 unspecified atom stereocenters. The minimum atomic E-state index is -0.276. The van der Waals surface area contributed by atoms with Crippen LogP contribution in [-0.4, -0.2) is 15.1 Å². The SMILES string of the molecule is CC(C)(C)c1cc(-c2nc(-c3cc(-c4ccccc4)cc(N(c4ccccc4)c4ccccn4)c3)cc3c2sc2ccccc23)c(O)c(C(C)(C)C)c1. The van der Waals surface area contributed by atoms with E-state index in [9.17, 15) is 5.11 Å². The molecule has 0 amide bonds. The normalized spacial score (nSPS) is 12.0. The van der Waals surface area contributed by atoms with Gasteiger partial charge in [0.05, 0.1) is 16.1 Å². The fraction of sp³-hybridized carbons (Fsp3) is 0.167. The molecule has 0 spiro atoms. The molecule has 0 fully saturated rings. The molecule has 8 rings (SSSR count). The molecule has 0 aliphatic heterocycles. The Labute approximate surface area is 316 Å². The topological polar surface area (TPSA) is 49.2 Å². The lowest BCUT2D eigenvalue weighted by Crippen LogP contribution is -2.17. The molecule has 0 aliphatic rings. The van der Waals surface area contributed by atoms with Crippen molar-refractivity contribution in [2.24, 2.45) is 0 Å². The van der Waals surface area contributed by atoms with Crippen LogP contribution in [0.5, 0.6) is 5.75 Å². The Hall–Kier alpha value is -5.78. The van der Waals surface area contributed by atoms with Crippen molar-refractivity contribution in [1.82, 2.24) is 9.97 Å². The van der Waals surface area contributed by atoms with Gasteiger partial charge in [-0.1, -0.05) is 120 Å². The molecule has 0 saturated carbocycles. The molecule has 4 nitrogen and oxygen atoms in total. The molecule has 0 bridgehead atoms. The Balaban J connectivity index is 1.45. The van der Waals surface area contributed by atoms with Crippen LogP contribution < -0.4 is 4.90 Å². The first-order chi connectivity index (χ1) is 25.5. The number of rotatable bonds is 6. The second kappa shape index (κ2) is 13.3. The number of aromatic nitrogens is 2. The molecule has 0 radical (unpaired) electrons. The maximum atomic E-state index is 12.2. The first-order valence-corrected chi connectivity index (χ1v) is 18.9. The lowest BCUT2D eigenvalue weighted by Gasteiger charge is -2.27. The van der Waals surface area contributed by atoms with E-state index in [0.29, 0.717) is 0 Å². The van der Waals surface area contributed by atoms with Gasteiger partial charge in [-0.25, -0.2) is 9.97 Å². The van der Waals surface area contributed by atoms with Crippen molar-refractivity contribution < 1.29 is 5.11 Å². The predicted octanol–water partition coefficient (Wildman–Crippen LogP) is 13.6. The molecule has 5 heteroatoms. The third-order valence-electron chi connectivity index (χ3n) is 9.87. The van der Waals surface area contributed by atoms with Crippen molar-refractivity contribution in [3.8, 4) is 39.4 Å². The molecule has 8 aromatic rings. The Kier molecular flexibility index (Phi) is 8.63. The smallest absolute Gasteiger partial charge is 0.137 e. The number of phenolic OH excluding ortho intramolecular Hbond substituents is 1. The van der Waals surface area contributed by atoms with Gasteiger partial charge in [0.25, 0.3) is 0 Å². The average Bonchev–Trinajstić information content (AvgIpc) is 3.54. The van der Waals surface area contributed by atoms with Crippen LogP contribution in [0.1, 0.15) is 52.7 Å². The first-order valence-electron chi connectivity index (χ1n) is 18.1. The second-order valence-corrected chi connectivity index (χ2v) is 16.8. The quantitative estimate of drug-likeness (QED) is 0.187. The molecule has 0 aliphatic carbocycles. The molecule has 53 heavy (non-hydrogen) atoms. The van der Waals surface area contributed by atoms with Crippen molar-refractivity contribution in [2.45, 2.75) is 52.4 Å². The standard InChI is InChI=1S/C48H43N3OS/c1-47(2,3)34-28-39(45(52)40(29-34)48(4,5)6)44-46-38(37-21-13-14-22-42(37)53-46)30-41(50-44)33-25-32(31-17-9-7-10-18-31)26-36(27-33)51(35-19-11-8-12-20-35)43-23-15-16-24-49-43/h7-30,52H,1-6H3. The maximum absolute atomic E-state index is 12.2. The Morgan fingerprint density at radius 2 is 1.26 bits per heavy atom. The fourth-order valence-corrected chi connectivity index (χ4v) is 8.22. The number of hydrogen-bond acceptors (Lipinski definition) is 5. The highest BCUT2D eigenvalue weighted by atomic mass is 32.1. The largest absolute Gasteiger partial charge is 0.507 e. The summed E-state index contributed by atoms with van der Waals surface area (Å²) in [6.45, 7) is 13.2. The lowest BCUT2D eigenvalue weighted by molar-refractivity contribution is 0.446. The monoisotopic (exact) mass is 709 g/mol. The van der Waals surface area contributed by atoms with Crippen LogP contribution in [0.3, 0.4) is 0 Å². The number of benzene rings is 5. The van der Waals surface area contributed by atoms with E-state index >= 15 is 0 Å². The minimum Gasteiger partial charge on any atom is -0.507 e. The van der Waals surface area contributed by atoms with Crippen LogP contribution in [0, 0.1) is 0 Å². The van der Waals surface area contributed by atoms with Crippen LogP contribution in [-0.2, 0) is 10.8 Å². The molecule has 0 saturated heterocycles. The van der Waals surface area contributed by atoms with E-state index in [-0.39, 0.29) is 16.6 Å². The van der Waals surface area contributed by atoms with Crippen LogP contribution >= 0.6 is 11.3 Å². The highest BCUT2D eigenvalue weighted by molar-refractivity contribution is 7.26. The van der Waals surface area contributed by atoms with Gasteiger partial charge in [-0.2, -0.15) is 0 Å². The second-order valence-electron chi connectivity index (χ2n) is 15.7. The van der Waals surface area contributed by atoms with Gasteiger partial charge in [0, 0.05) is 49.7 Å². The van der Waals surface area contributed by atoms with Gasteiger partial charge in [-0.3, -0.25) is 4.90 Å². The highest BCUT2D eigenvalue weighted by Gasteiger charge is 2.28. The molecule has 5 aromatic carbocycles. The summed E-state index contributed by atoms with van der Waals surface area (Å²) in [5.74, 6) is 1.11. The molecule has 3 heterocycles. The zero-order chi connectivity index (χ0) is 36.9. The number of pyridine rings is 2. The van der Waals surface area contributed by atoms with Crippen molar-refractivity contribution in [3.05, 3.63) is 157 Å². The zero-order valence-electron chi connectivity index (χ0n) is 31.1.